The number of benzene rings is 11. The molecule has 0 spiro atoms. The first-order chi connectivity index (χ1) is 37.2. The number of para-hydroxylation sites is 2. The predicted octanol–water partition coefficient (Wildman–Crippen LogP) is 18.0. The van der Waals surface area contributed by atoms with Crippen molar-refractivity contribution in [3.05, 3.63) is 261 Å². The van der Waals surface area contributed by atoms with E-state index in [0.717, 1.165) is 110 Å². The number of nitrogens with zero attached hydrogens (tertiary/aromatic N) is 5. The van der Waals surface area contributed by atoms with E-state index >= 15 is 0 Å². The van der Waals surface area contributed by atoms with Gasteiger partial charge >= 0.3 is 0 Å². The van der Waals surface area contributed by atoms with Gasteiger partial charge in [0.1, 0.15) is 0 Å². The average Bonchev–Trinajstić information content (AvgIpc) is 4.17. The van der Waals surface area contributed by atoms with E-state index in [1.54, 1.807) is 0 Å². The van der Waals surface area contributed by atoms with E-state index in [2.05, 4.69) is 258 Å². The monoisotopic (exact) mass is 957 g/mol. The van der Waals surface area contributed by atoms with Crippen LogP contribution in [0.2, 0.25) is 0 Å². The van der Waals surface area contributed by atoms with E-state index in [0.29, 0.717) is 17.5 Å². The lowest BCUT2D eigenvalue weighted by Crippen LogP contribution is -2.01. The maximum Gasteiger partial charge on any atom is 0.164 e. The molecule has 4 heterocycles. The second-order valence-corrected chi connectivity index (χ2v) is 19.1. The van der Waals surface area contributed by atoms with Crippen LogP contribution in [0.15, 0.2) is 265 Å². The summed E-state index contributed by atoms with van der Waals surface area (Å²) in [6.45, 7) is 0. The van der Waals surface area contributed by atoms with Crippen molar-refractivity contribution >= 4 is 65.6 Å². The van der Waals surface area contributed by atoms with Gasteiger partial charge in [-0.15, -0.1) is 0 Å². The van der Waals surface area contributed by atoms with E-state index < -0.39 is 0 Å². The molecule has 0 atom stereocenters. The van der Waals surface area contributed by atoms with Crippen LogP contribution in [0.25, 0.3) is 144 Å². The Balaban J connectivity index is 0.884. The number of hydrogen-bond acceptors (Lipinski definition) is 4. The molecule has 0 N–H and O–H groups in total. The lowest BCUT2D eigenvalue weighted by Gasteiger charge is -2.12. The highest BCUT2D eigenvalue weighted by molar-refractivity contribution is 6.26. The Bertz CT molecular complexity index is 4650. The van der Waals surface area contributed by atoms with Gasteiger partial charge in [-0.1, -0.05) is 194 Å². The molecule has 0 aliphatic heterocycles. The summed E-state index contributed by atoms with van der Waals surface area (Å²) >= 11 is 0. The topological polar surface area (TPSA) is 61.7 Å². The molecule has 15 aromatic rings. The summed E-state index contributed by atoms with van der Waals surface area (Å²) in [5.41, 5.74) is 17.6. The minimum absolute atomic E-state index is 0.592. The van der Waals surface area contributed by atoms with Crippen LogP contribution < -0.4 is 0 Å². The summed E-state index contributed by atoms with van der Waals surface area (Å²) < 4.78 is 12.1. The van der Waals surface area contributed by atoms with Crippen molar-refractivity contribution in [2.24, 2.45) is 0 Å². The quantitative estimate of drug-likeness (QED) is 0.152. The lowest BCUT2D eigenvalue weighted by molar-refractivity contribution is 0.673. The third kappa shape index (κ3) is 7.07. The molecule has 0 fully saturated rings. The fraction of sp³-hybridized carbons (Fsp3) is 0. The molecule has 0 bridgehead atoms. The zero-order chi connectivity index (χ0) is 49.4. The zero-order valence-corrected chi connectivity index (χ0v) is 40.5. The first-order valence-corrected chi connectivity index (χ1v) is 25.3. The molecule has 0 radical (unpaired) electrons. The molecule has 4 aromatic heterocycles. The molecule has 15 rings (SSSR count). The van der Waals surface area contributed by atoms with Gasteiger partial charge in [0.2, 0.25) is 0 Å². The Labute approximate surface area is 431 Å². The van der Waals surface area contributed by atoms with E-state index in [-0.39, 0.29) is 0 Å². The Hall–Kier alpha value is -10.2. The third-order valence-electron chi connectivity index (χ3n) is 14.8. The van der Waals surface area contributed by atoms with Gasteiger partial charge in [0.15, 0.2) is 28.6 Å². The Kier molecular flexibility index (Phi) is 9.78. The Morgan fingerprint density at radius 2 is 0.573 bits per heavy atom. The van der Waals surface area contributed by atoms with E-state index in [9.17, 15) is 0 Å². The number of hydrogen-bond donors (Lipinski definition) is 0. The first kappa shape index (κ1) is 42.5. The molecule has 6 heteroatoms. The third-order valence-corrected chi connectivity index (χ3v) is 14.8. The molecule has 0 unspecified atom stereocenters. The van der Waals surface area contributed by atoms with Gasteiger partial charge < -0.3 is 13.6 Å². The maximum atomic E-state index is 7.36. The van der Waals surface area contributed by atoms with Crippen LogP contribution in [-0.4, -0.2) is 24.1 Å². The van der Waals surface area contributed by atoms with Gasteiger partial charge in [-0.2, -0.15) is 0 Å². The molecule has 11 aromatic carbocycles. The predicted molar refractivity (Wildman–Crippen MR) is 308 cm³/mol. The summed E-state index contributed by atoms with van der Waals surface area (Å²) in [7, 11) is 0. The van der Waals surface area contributed by atoms with Gasteiger partial charge in [-0.05, 0) is 100 Å². The highest BCUT2D eigenvalue weighted by Gasteiger charge is 2.23. The highest BCUT2D eigenvalue weighted by Crippen LogP contribution is 2.45. The van der Waals surface area contributed by atoms with Crippen molar-refractivity contribution in [3.63, 3.8) is 0 Å². The molecule has 75 heavy (non-hydrogen) atoms. The summed E-state index contributed by atoms with van der Waals surface area (Å²) in [5, 5.41) is 6.74. The van der Waals surface area contributed by atoms with E-state index in [4.69, 9.17) is 19.4 Å². The zero-order valence-electron chi connectivity index (χ0n) is 40.5. The molecule has 0 aliphatic carbocycles. The number of aromatic nitrogens is 5. The van der Waals surface area contributed by atoms with Gasteiger partial charge in [0, 0.05) is 60.4 Å². The summed E-state index contributed by atoms with van der Waals surface area (Å²) in [6.07, 6.45) is 0. The number of furan rings is 1. The summed E-state index contributed by atoms with van der Waals surface area (Å²) in [4.78, 5) is 15.5. The molecule has 0 aliphatic rings. The van der Waals surface area contributed by atoms with E-state index in [1.165, 1.54) is 16.5 Å². The smallest absolute Gasteiger partial charge is 0.164 e. The highest BCUT2D eigenvalue weighted by atomic mass is 16.3. The fourth-order valence-electron chi connectivity index (χ4n) is 11.2. The molecular weight excluding hydrogens is 915 g/mol. The van der Waals surface area contributed by atoms with Crippen molar-refractivity contribution in [2.45, 2.75) is 0 Å². The van der Waals surface area contributed by atoms with Crippen LogP contribution in [0, 0.1) is 0 Å². The largest absolute Gasteiger partial charge is 0.452 e. The Morgan fingerprint density at radius 1 is 0.240 bits per heavy atom. The normalized spacial score (nSPS) is 11.7. The minimum Gasteiger partial charge on any atom is -0.452 e. The van der Waals surface area contributed by atoms with E-state index in [1.807, 2.05) is 12.1 Å². The average molecular weight is 958 g/mol. The standard InChI is InChI=1S/C69H43N5O/c1-4-15-44(16-5-1)47-27-29-49(30-28-47)67-70-68(72-69(71-67)52-22-14-21-51(43-52)46-19-8-3-9-20-46)50-33-37-54(38-34-50)74-62-26-13-11-24-56(62)58-40-42-60-59-41-39-57-55-23-10-12-25-61(55)73(63(57)65(59)75-66(60)64(58)74)53-35-31-48(32-36-53)45-17-6-2-7-18-45/h1-43H. The molecule has 0 saturated carbocycles. The molecule has 6 nitrogen and oxygen atoms in total. The van der Waals surface area contributed by atoms with Crippen LogP contribution in [-0.2, 0) is 0 Å². The lowest BCUT2D eigenvalue weighted by atomic mass is 10.0. The van der Waals surface area contributed by atoms with Gasteiger partial charge in [0.25, 0.3) is 0 Å². The van der Waals surface area contributed by atoms with Crippen molar-refractivity contribution in [3.8, 4) is 78.9 Å². The first-order valence-electron chi connectivity index (χ1n) is 25.3. The number of rotatable bonds is 8. The van der Waals surface area contributed by atoms with Gasteiger partial charge in [-0.3, -0.25) is 0 Å². The molecule has 350 valence electrons. The van der Waals surface area contributed by atoms with Crippen molar-refractivity contribution in [1.82, 2.24) is 24.1 Å². The van der Waals surface area contributed by atoms with Crippen molar-refractivity contribution in [1.29, 1.82) is 0 Å². The molecular formula is C69H43N5O. The van der Waals surface area contributed by atoms with Crippen molar-refractivity contribution < 1.29 is 4.42 Å². The SMILES string of the molecule is c1ccc(-c2ccc(-c3nc(-c4ccc(-n5c6ccccc6c6ccc7c8ccc9c%10ccccc%10n(-c%10ccc(-c%11ccccc%11)cc%10)c9c8oc7c65)cc4)nc(-c4cccc(-c5ccccc5)c4)n3)cc2)cc1. The second kappa shape index (κ2) is 17.3. The summed E-state index contributed by atoms with van der Waals surface area (Å²) in [6, 6.07) is 92.0. The summed E-state index contributed by atoms with van der Waals surface area (Å²) in [5.74, 6) is 1.81. The van der Waals surface area contributed by atoms with Crippen LogP contribution in [0.4, 0.5) is 0 Å². The van der Waals surface area contributed by atoms with Gasteiger partial charge in [-0.25, -0.2) is 15.0 Å². The van der Waals surface area contributed by atoms with Crippen molar-refractivity contribution in [2.75, 3.05) is 0 Å². The van der Waals surface area contributed by atoms with Gasteiger partial charge in [0.05, 0.1) is 22.1 Å². The number of fused-ring (bicyclic) bond motifs is 11. The molecule has 0 saturated heterocycles. The van der Waals surface area contributed by atoms with Crippen LogP contribution in [0.1, 0.15) is 0 Å². The fourth-order valence-corrected chi connectivity index (χ4v) is 11.2. The van der Waals surface area contributed by atoms with Crippen LogP contribution in [0.5, 0.6) is 0 Å². The van der Waals surface area contributed by atoms with Crippen LogP contribution >= 0.6 is 0 Å². The molecule has 0 amide bonds. The Morgan fingerprint density at radius 3 is 1.05 bits per heavy atom. The maximum absolute atomic E-state index is 7.36. The second-order valence-electron chi connectivity index (χ2n) is 19.1. The van der Waals surface area contributed by atoms with Crippen LogP contribution in [0.3, 0.4) is 0 Å². The minimum atomic E-state index is 0.592.